The van der Waals surface area contributed by atoms with Crippen molar-refractivity contribution in [2.75, 3.05) is 56.7 Å². The molecular formula is C31H39N9O4. The smallest absolute Gasteiger partial charge is 0.278 e. The van der Waals surface area contributed by atoms with Crippen molar-refractivity contribution in [3.8, 4) is 11.6 Å². The van der Waals surface area contributed by atoms with Crippen LogP contribution in [0.3, 0.4) is 0 Å². The number of hydrogen-bond acceptors (Lipinski definition) is 10. The maximum atomic E-state index is 13.3. The number of anilines is 3. The first-order chi connectivity index (χ1) is 21.4. The maximum Gasteiger partial charge on any atom is 0.278 e. The molecule has 2 aliphatic heterocycles. The van der Waals surface area contributed by atoms with Gasteiger partial charge in [0.1, 0.15) is 11.1 Å². The van der Waals surface area contributed by atoms with Gasteiger partial charge >= 0.3 is 0 Å². The summed E-state index contributed by atoms with van der Waals surface area (Å²) in [5.41, 5.74) is 1.66. The van der Waals surface area contributed by atoms with Crippen LogP contribution in [0.2, 0.25) is 0 Å². The summed E-state index contributed by atoms with van der Waals surface area (Å²) in [6.07, 6.45) is 5.34. The Morgan fingerprint density at radius 3 is 2.59 bits per heavy atom. The summed E-state index contributed by atoms with van der Waals surface area (Å²) < 4.78 is 15.8. The number of aromatic nitrogens is 6. The first-order valence-corrected chi connectivity index (χ1v) is 15.1. The van der Waals surface area contributed by atoms with Gasteiger partial charge in [0.2, 0.25) is 5.95 Å². The van der Waals surface area contributed by atoms with Crippen molar-refractivity contribution in [1.29, 1.82) is 0 Å². The molecule has 4 aromatic rings. The lowest BCUT2D eigenvalue weighted by atomic mass is 10.0. The van der Waals surface area contributed by atoms with E-state index in [4.69, 9.17) is 14.5 Å². The fraction of sp³-hybridized carbons (Fsp3) is 0.452. The van der Waals surface area contributed by atoms with Gasteiger partial charge in [-0.3, -0.25) is 14.5 Å². The summed E-state index contributed by atoms with van der Waals surface area (Å²) in [5, 5.41) is 8.13. The minimum atomic E-state index is -0.279. The summed E-state index contributed by atoms with van der Waals surface area (Å²) >= 11 is 0. The van der Waals surface area contributed by atoms with Crippen molar-refractivity contribution >= 4 is 28.4 Å². The van der Waals surface area contributed by atoms with Crippen molar-refractivity contribution in [3.63, 3.8) is 0 Å². The molecule has 0 radical (unpaired) electrons. The predicted octanol–water partition coefficient (Wildman–Crippen LogP) is 2.96. The van der Waals surface area contributed by atoms with E-state index in [2.05, 4.69) is 37.8 Å². The lowest BCUT2D eigenvalue weighted by Crippen LogP contribution is -2.49. The number of piperidine rings is 1. The Labute approximate surface area is 255 Å². The minimum absolute atomic E-state index is 0.162. The Morgan fingerprint density at radius 2 is 1.89 bits per heavy atom. The summed E-state index contributed by atoms with van der Waals surface area (Å²) in [7, 11) is 1.68. The second-order valence-corrected chi connectivity index (χ2v) is 11.4. The van der Waals surface area contributed by atoms with Crippen molar-refractivity contribution < 1.29 is 9.47 Å². The molecule has 0 atom stereocenters. The van der Waals surface area contributed by atoms with E-state index < -0.39 is 0 Å². The van der Waals surface area contributed by atoms with Crippen molar-refractivity contribution in [2.45, 2.75) is 45.3 Å². The van der Waals surface area contributed by atoms with Crippen LogP contribution in [0.15, 0.2) is 58.8 Å². The van der Waals surface area contributed by atoms with E-state index in [1.807, 2.05) is 26.0 Å². The predicted molar refractivity (Wildman–Crippen MR) is 170 cm³/mol. The average Bonchev–Trinajstić information content (AvgIpc) is 3.32. The highest BCUT2D eigenvalue weighted by Gasteiger charge is 2.27. The molecule has 1 aromatic carbocycles. The molecule has 232 valence electrons. The van der Waals surface area contributed by atoms with Gasteiger partial charge in [-0.25, -0.2) is 19.0 Å². The summed E-state index contributed by atoms with van der Waals surface area (Å²) in [6, 6.07) is 9.44. The number of hydrogen-bond donors (Lipinski definition) is 1. The average molecular weight is 602 g/mol. The van der Waals surface area contributed by atoms with Gasteiger partial charge in [-0.15, -0.1) is 11.7 Å². The molecule has 0 amide bonds. The van der Waals surface area contributed by atoms with Crippen LogP contribution < -0.4 is 26.1 Å². The van der Waals surface area contributed by atoms with Gasteiger partial charge in [0.05, 0.1) is 38.6 Å². The van der Waals surface area contributed by atoms with Gasteiger partial charge in [-0.2, -0.15) is 4.98 Å². The molecule has 0 aliphatic carbocycles. The van der Waals surface area contributed by atoms with E-state index in [0.717, 1.165) is 69.4 Å². The van der Waals surface area contributed by atoms with Crippen molar-refractivity contribution in [3.05, 3.63) is 69.9 Å². The third-order valence-corrected chi connectivity index (χ3v) is 8.30. The van der Waals surface area contributed by atoms with Gasteiger partial charge in [0.25, 0.3) is 11.1 Å². The lowest BCUT2D eigenvalue weighted by molar-refractivity contribution is 0.0115. The Kier molecular flexibility index (Phi) is 8.49. The van der Waals surface area contributed by atoms with E-state index in [1.54, 1.807) is 23.9 Å². The molecule has 5 heterocycles. The first kappa shape index (κ1) is 29.6. The first-order valence-electron chi connectivity index (χ1n) is 15.1. The van der Waals surface area contributed by atoms with Crippen molar-refractivity contribution in [2.24, 2.45) is 0 Å². The third-order valence-electron chi connectivity index (χ3n) is 8.30. The number of rotatable bonds is 9. The molecule has 0 saturated carbocycles. The van der Waals surface area contributed by atoms with Gasteiger partial charge in [-0.1, -0.05) is 6.08 Å². The SMILES string of the molecule is C=CCn1c(=O)c2cnc(Nc3ccc(N4CCC(N5CCOCC5)CC4)c(OC)c3)nc2n1-c1ccc(=O)n(C(C)C)n1. The largest absolute Gasteiger partial charge is 0.495 e. The highest BCUT2D eigenvalue weighted by Crippen LogP contribution is 2.34. The molecule has 13 nitrogen and oxygen atoms in total. The molecule has 2 aliphatic rings. The van der Waals surface area contributed by atoms with E-state index in [0.29, 0.717) is 28.8 Å². The molecule has 13 heteroatoms. The van der Waals surface area contributed by atoms with Gasteiger partial charge in [-0.05, 0) is 44.9 Å². The number of allylic oxidation sites excluding steroid dienone is 1. The standard InChI is InChI=1S/C31H39N9O4/c1-5-12-38-30(42)24-20-32-31(34-29(24)40(38)27-8-9-28(41)39(35-27)21(2)3)33-22-6-7-25(26(19-22)43-4)37-13-10-23(11-14-37)36-15-17-44-18-16-36/h5-9,19-21,23H,1,10-18H2,2-4H3,(H,32,33,34). The zero-order valence-electron chi connectivity index (χ0n) is 25.5. The van der Waals surface area contributed by atoms with Gasteiger partial charge in [0.15, 0.2) is 11.5 Å². The highest BCUT2D eigenvalue weighted by atomic mass is 16.5. The number of nitrogens with one attached hydrogen (secondary N) is 1. The number of ether oxygens (including phenoxy) is 2. The van der Waals surface area contributed by atoms with Crippen molar-refractivity contribution in [1.82, 2.24) is 34.0 Å². The summed E-state index contributed by atoms with van der Waals surface area (Å²) in [4.78, 5) is 39.8. The van der Waals surface area contributed by atoms with Crippen LogP contribution in [-0.4, -0.2) is 86.6 Å². The number of benzene rings is 1. The Hall–Kier alpha value is -4.49. The van der Waals surface area contributed by atoms with E-state index in [-0.39, 0.29) is 23.7 Å². The Bertz CT molecular complexity index is 1760. The molecule has 3 aromatic heterocycles. The monoisotopic (exact) mass is 601 g/mol. The lowest BCUT2D eigenvalue weighted by Gasteiger charge is -2.41. The van der Waals surface area contributed by atoms with E-state index in [1.165, 1.54) is 21.6 Å². The van der Waals surface area contributed by atoms with E-state index in [9.17, 15) is 9.59 Å². The Balaban J connectivity index is 1.27. The van der Waals surface area contributed by atoms with Crippen LogP contribution in [0.4, 0.5) is 17.3 Å². The van der Waals surface area contributed by atoms with E-state index >= 15 is 0 Å². The summed E-state index contributed by atoms with van der Waals surface area (Å²) in [5.74, 6) is 1.45. The minimum Gasteiger partial charge on any atom is -0.495 e. The maximum absolute atomic E-state index is 13.3. The molecular weight excluding hydrogens is 562 g/mol. The van der Waals surface area contributed by atoms with Crippen LogP contribution in [-0.2, 0) is 11.3 Å². The Morgan fingerprint density at radius 1 is 1.11 bits per heavy atom. The van der Waals surface area contributed by atoms with Gasteiger partial charge < -0.3 is 19.7 Å². The van der Waals surface area contributed by atoms with Crippen LogP contribution in [0, 0.1) is 0 Å². The third kappa shape index (κ3) is 5.72. The fourth-order valence-electron chi connectivity index (χ4n) is 6.07. The molecule has 44 heavy (non-hydrogen) atoms. The number of fused-ring (bicyclic) bond motifs is 1. The number of nitrogens with zero attached hydrogens (tertiary/aromatic N) is 8. The van der Waals surface area contributed by atoms with Crippen LogP contribution in [0.25, 0.3) is 16.9 Å². The molecule has 1 N–H and O–H groups in total. The topological polar surface area (TPSA) is 125 Å². The molecule has 0 bridgehead atoms. The molecule has 2 fully saturated rings. The summed E-state index contributed by atoms with van der Waals surface area (Å²) in [6.45, 7) is 13.4. The molecule has 0 spiro atoms. The molecule has 0 unspecified atom stereocenters. The van der Waals surface area contributed by atoms with Crippen LogP contribution >= 0.6 is 0 Å². The second kappa shape index (κ2) is 12.6. The zero-order chi connectivity index (χ0) is 30.8. The number of morpholine rings is 1. The number of methoxy groups -OCH3 is 1. The molecule has 6 rings (SSSR count). The second-order valence-electron chi connectivity index (χ2n) is 11.4. The quantitative estimate of drug-likeness (QED) is 0.286. The van der Waals surface area contributed by atoms with Gasteiger partial charge in [0, 0.05) is 56.2 Å². The molecule has 2 saturated heterocycles. The fourth-order valence-corrected chi connectivity index (χ4v) is 6.07. The van der Waals surface area contributed by atoms with Crippen LogP contribution in [0.5, 0.6) is 5.75 Å². The highest BCUT2D eigenvalue weighted by molar-refractivity contribution is 5.77. The zero-order valence-corrected chi connectivity index (χ0v) is 25.5. The van der Waals surface area contributed by atoms with Crippen LogP contribution in [0.1, 0.15) is 32.7 Å². The normalized spacial score (nSPS) is 16.5.